The Morgan fingerprint density at radius 2 is 2.11 bits per heavy atom. The number of nitrogens with one attached hydrogen (secondary N) is 1. The molecule has 0 aromatic heterocycles. The van der Waals surface area contributed by atoms with Crippen molar-refractivity contribution in [3.63, 3.8) is 0 Å². The van der Waals surface area contributed by atoms with Gasteiger partial charge in [0, 0.05) is 6.54 Å². The highest BCUT2D eigenvalue weighted by Crippen LogP contribution is 2.25. The first-order chi connectivity index (χ1) is 8.49. The standard InChI is InChI=1S/C12H16BrF2NO2/c1-8-2-3-11(10(13)4-8)18-7-9(17)5-16-6-12(14)15/h2-4,9,12,16-17H,5-7H2,1H3. The molecule has 102 valence electrons. The van der Waals surface area contributed by atoms with E-state index in [0.717, 1.165) is 10.0 Å². The second-order valence-electron chi connectivity index (χ2n) is 3.95. The SMILES string of the molecule is Cc1ccc(OCC(O)CNCC(F)F)c(Br)c1. The monoisotopic (exact) mass is 323 g/mol. The van der Waals surface area contributed by atoms with Gasteiger partial charge in [0.25, 0.3) is 6.43 Å². The van der Waals surface area contributed by atoms with Gasteiger partial charge in [0.15, 0.2) is 0 Å². The molecule has 0 saturated carbocycles. The Morgan fingerprint density at radius 1 is 1.39 bits per heavy atom. The van der Waals surface area contributed by atoms with Gasteiger partial charge >= 0.3 is 0 Å². The molecule has 0 fully saturated rings. The smallest absolute Gasteiger partial charge is 0.250 e. The summed E-state index contributed by atoms with van der Waals surface area (Å²) in [5, 5.41) is 12.0. The molecule has 0 heterocycles. The zero-order chi connectivity index (χ0) is 13.5. The van der Waals surface area contributed by atoms with Crippen LogP contribution in [0.1, 0.15) is 5.56 Å². The van der Waals surface area contributed by atoms with E-state index in [9.17, 15) is 13.9 Å². The van der Waals surface area contributed by atoms with Gasteiger partial charge in [-0.1, -0.05) is 6.07 Å². The molecule has 0 aliphatic rings. The number of aliphatic hydroxyl groups is 1. The number of rotatable bonds is 7. The summed E-state index contributed by atoms with van der Waals surface area (Å²) in [7, 11) is 0. The van der Waals surface area contributed by atoms with E-state index in [4.69, 9.17) is 4.74 Å². The molecule has 0 aliphatic carbocycles. The fraction of sp³-hybridized carbons (Fsp3) is 0.500. The van der Waals surface area contributed by atoms with Crippen molar-refractivity contribution in [1.82, 2.24) is 5.32 Å². The average molecular weight is 324 g/mol. The molecule has 0 aliphatic heterocycles. The van der Waals surface area contributed by atoms with Crippen molar-refractivity contribution in [3.8, 4) is 5.75 Å². The van der Waals surface area contributed by atoms with Crippen LogP contribution >= 0.6 is 15.9 Å². The molecule has 6 heteroatoms. The number of benzene rings is 1. The van der Waals surface area contributed by atoms with Crippen molar-refractivity contribution < 1.29 is 18.6 Å². The number of ether oxygens (including phenoxy) is 1. The maximum absolute atomic E-state index is 11.8. The van der Waals surface area contributed by atoms with Crippen LogP contribution in [0.5, 0.6) is 5.75 Å². The van der Waals surface area contributed by atoms with E-state index >= 15 is 0 Å². The maximum Gasteiger partial charge on any atom is 0.250 e. The topological polar surface area (TPSA) is 41.5 Å². The summed E-state index contributed by atoms with van der Waals surface area (Å²) < 4.78 is 29.9. The molecule has 1 aromatic carbocycles. The van der Waals surface area contributed by atoms with Crippen LogP contribution in [-0.4, -0.2) is 37.3 Å². The minimum atomic E-state index is -2.41. The summed E-state index contributed by atoms with van der Waals surface area (Å²) in [5.41, 5.74) is 1.09. The summed E-state index contributed by atoms with van der Waals surface area (Å²) >= 11 is 3.35. The van der Waals surface area contributed by atoms with E-state index in [0.29, 0.717) is 5.75 Å². The fourth-order valence-corrected chi connectivity index (χ4v) is 1.93. The van der Waals surface area contributed by atoms with Crippen LogP contribution in [0.2, 0.25) is 0 Å². The highest BCUT2D eigenvalue weighted by Gasteiger charge is 2.08. The normalized spacial score (nSPS) is 12.8. The molecule has 0 amide bonds. The second-order valence-corrected chi connectivity index (χ2v) is 4.80. The van der Waals surface area contributed by atoms with Gasteiger partial charge in [-0.2, -0.15) is 0 Å². The third-order valence-corrected chi connectivity index (χ3v) is 2.82. The molecule has 1 atom stereocenters. The first-order valence-corrected chi connectivity index (χ1v) is 6.34. The van der Waals surface area contributed by atoms with E-state index in [-0.39, 0.29) is 13.2 Å². The lowest BCUT2D eigenvalue weighted by molar-refractivity contribution is 0.0948. The summed E-state index contributed by atoms with van der Waals surface area (Å²) in [4.78, 5) is 0. The number of hydrogen-bond acceptors (Lipinski definition) is 3. The Hall–Kier alpha value is -0.720. The average Bonchev–Trinajstić information content (AvgIpc) is 2.27. The van der Waals surface area contributed by atoms with Crippen molar-refractivity contribution in [1.29, 1.82) is 0 Å². The Morgan fingerprint density at radius 3 is 2.72 bits per heavy atom. The van der Waals surface area contributed by atoms with E-state index in [2.05, 4.69) is 21.2 Å². The second kappa shape index (κ2) is 7.66. The van der Waals surface area contributed by atoms with Crippen LogP contribution in [0.3, 0.4) is 0 Å². The molecule has 18 heavy (non-hydrogen) atoms. The van der Waals surface area contributed by atoms with Crippen LogP contribution in [0.25, 0.3) is 0 Å². The van der Waals surface area contributed by atoms with Crippen LogP contribution < -0.4 is 10.1 Å². The van der Waals surface area contributed by atoms with Crippen molar-refractivity contribution in [2.75, 3.05) is 19.7 Å². The van der Waals surface area contributed by atoms with Crippen LogP contribution in [0, 0.1) is 6.92 Å². The van der Waals surface area contributed by atoms with E-state index < -0.39 is 19.1 Å². The van der Waals surface area contributed by atoms with Gasteiger partial charge in [-0.3, -0.25) is 0 Å². The van der Waals surface area contributed by atoms with E-state index in [1.807, 2.05) is 19.1 Å². The Labute approximate surface area is 113 Å². The first-order valence-electron chi connectivity index (χ1n) is 5.55. The lowest BCUT2D eigenvalue weighted by atomic mass is 10.2. The highest BCUT2D eigenvalue weighted by atomic mass is 79.9. The Kier molecular flexibility index (Phi) is 6.52. The molecule has 0 spiro atoms. The predicted octanol–water partition coefficient (Wildman–Crippen LogP) is 2.35. The lowest BCUT2D eigenvalue weighted by Crippen LogP contribution is -2.34. The minimum Gasteiger partial charge on any atom is -0.490 e. The van der Waals surface area contributed by atoms with Crippen molar-refractivity contribution in [3.05, 3.63) is 28.2 Å². The zero-order valence-corrected chi connectivity index (χ0v) is 11.6. The molecule has 2 N–H and O–H groups in total. The van der Waals surface area contributed by atoms with Gasteiger partial charge in [-0.25, -0.2) is 8.78 Å². The highest BCUT2D eigenvalue weighted by molar-refractivity contribution is 9.10. The molecular weight excluding hydrogens is 308 g/mol. The quantitative estimate of drug-likeness (QED) is 0.809. The summed E-state index contributed by atoms with van der Waals surface area (Å²) in [6.45, 7) is 1.66. The lowest BCUT2D eigenvalue weighted by Gasteiger charge is -2.14. The third kappa shape index (κ3) is 5.75. The van der Waals surface area contributed by atoms with Crippen LogP contribution in [0.15, 0.2) is 22.7 Å². The maximum atomic E-state index is 11.8. The van der Waals surface area contributed by atoms with Gasteiger partial charge in [0.1, 0.15) is 18.5 Å². The van der Waals surface area contributed by atoms with Crippen molar-refractivity contribution >= 4 is 15.9 Å². The number of alkyl halides is 2. The van der Waals surface area contributed by atoms with Gasteiger partial charge in [-0.05, 0) is 40.5 Å². The Balaban J connectivity index is 2.31. The zero-order valence-electron chi connectivity index (χ0n) is 10.00. The number of aliphatic hydroxyl groups excluding tert-OH is 1. The molecule has 0 bridgehead atoms. The molecule has 0 saturated heterocycles. The molecule has 1 rings (SSSR count). The summed E-state index contributed by atoms with van der Waals surface area (Å²) in [5.74, 6) is 0.619. The number of halogens is 3. The minimum absolute atomic E-state index is 0.0535. The summed E-state index contributed by atoms with van der Waals surface area (Å²) in [6.07, 6.45) is -3.23. The van der Waals surface area contributed by atoms with Gasteiger partial charge in [0.2, 0.25) is 0 Å². The predicted molar refractivity (Wildman–Crippen MR) is 69.3 cm³/mol. The summed E-state index contributed by atoms with van der Waals surface area (Å²) in [6, 6.07) is 5.58. The van der Waals surface area contributed by atoms with Gasteiger partial charge in [-0.15, -0.1) is 0 Å². The molecule has 1 unspecified atom stereocenters. The molecule has 3 nitrogen and oxygen atoms in total. The largest absolute Gasteiger partial charge is 0.490 e. The molecular formula is C12H16BrF2NO2. The molecule has 1 aromatic rings. The van der Waals surface area contributed by atoms with Gasteiger partial charge < -0.3 is 15.2 Å². The first kappa shape index (κ1) is 15.3. The van der Waals surface area contributed by atoms with E-state index in [1.54, 1.807) is 6.07 Å². The Bertz CT molecular complexity index is 377. The number of hydrogen-bond donors (Lipinski definition) is 2. The van der Waals surface area contributed by atoms with Crippen LogP contribution in [0.4, 0.5) is 8.78 Å². The van der Waals surface area contributed by atoms with Crippen molar-refractivity contribution in [2.24, 2.45) is 0 Å². The van der Waals surface area contributed by atoms with Crippen molar-refractivity contribution in [2.45, 2.75) is 19.5 Å². The van der Waals surface area contributed by atoms with E-state index in [1.165, 1.54) is 0 Å². The number of aryl methyl sites for hydroxylation is 1. The molecule has 0 radical (unpaired) electrons. The van der Waals surface area contributed by atoms with Crippen LogP contribution in [-0.2, 0) is 0 Å². The fourth-order valence-electron chi connectivity index (χ4n) is 1.33. The third-order valence-electron chi connectivity index (χ3n) is 2.20. The van der Waals surface area contributed by atoms with Gasteiger partial charge in [0.05, 0.1) is 11.0 Å².